The Morgan fingerprint density at radius 2 is 1.94 bits per heavy atom. The molecule has 0 bridgehead atoms. The molecule has 4 aromatic rings. The summed E-state index contributed by atoms with van der Waals surface area (Å²) in [5.74, 6) is 0.753. The molecule has 0 unspecified atom stereocenters. The second-order valence-corrected chi connectivity index (χ2v) is 9.04. The quantitative estimate of drug-likeness (QED) is 0.359. The summed E-state index contributed by atoms with van der Waals surface area (Å²) in [6, 6.07) is 18.5. The topological polar surface area (TPSA) is 59.8 Å². The average Bonchev–Trinajstić information content (AvgIpc) is 3.15. The highest BCUT2D eigenvalue weighted by Crippen LogP contribution is 2.27. The zero-order valence-corrected chi connectivity index (χ0v) is 19.5. The van der Waals surface area contributed by atoms with E-state index in [9.17, 15) is 4.79 Å². The number of carbonyl (C=O) groups excluding carboxylic acids is 1. The third-order valence-corrected chi connectivity index (χ3v) is 6.56. The molecule has 1 N–H and O–H groups in total. The fourth-order valence-corrected chi connectivity index (χ4v) is 4.48. The lowest BCUT2D eigenvalue weighted by Gasteiger charge is -2.12. The van der Waals surface area contributed by atoms with Crippen molar-refractivity contribution in [2.75, 3.05) is 0 Å². The third-order valence-electron chi connectivity index (χ3n) is 5.51. The van der Waals surface area contributed by atoms with Gasteiger partial charge in [0.15, 0.2) is 5.16 Å². The predicted octanol–water partition coefficient (Wildman–Crippen LogP) is 5.61. The zero-order chi connectivity index (χ0) is 22.5. The van der Waals surface area contributed by atoms with Crippen molar-refractivity contribution in [3.63, 3.8) is 0 Å². The van der Waals surface area contributed by atoms with Gasteiger partial charge in [-0.15, -0.1) is 0 Å². The summed E-state index contributed by atoms with van der Waals surface area (Å²) in [4.78, 5) is 21.5. The summed E-state index contributed by atoms with van der Waals surface area (Å²) in [5, 5.41) is 3.98. The largest absolute Gasteiger partial charge is 0.350 e. The number of nitrogens with one attached hydrogen (secondary N) is 1. The highest BCUT2D eigenvalue weighted by molar-refractivity contribution is 7.98. The number of benzene rings is 2. The van der Waals surface area contributed by atoms with Crippen molar-refractivity contribution < 1.29 is 4.79 Å². The zero-order valence-electron chi connectivity index (χ0n) is 18.7. The standard InChI is InChI=1S/C26H28N4OS/c1-4-19(3)28-25(31)22-10-8-20(9-11-22)17-32-26-29-23-12-13-27-15-24(23)30(26)16-21-7-5-6-18(2)14-21/h5-15,19H,4,16-17H2,1-3H3,(H,28,31)/t19-/m1/s1. The van der Waals surface area contributed by atoms with Gasteiger partial charge in [0, 0.05) is 23.6 Å². The van der Waals surface area contributed by atoms with E-state index < -0.39 is 0 Å². The molecule has 0 spiro atoms. The normalized spacial score (nSPS) is 12.1. The number of hydrogen-bond acceptors (Lipinski definition) is 4. The molecule has 0 saturated heterocycles. The number of amides is 1. The van der Waals surface area contributed by atoms with Gasteiger partial charge in [0.2, 0.25) is 0 Å². The van der Waals surface area contributed by atoms with Crippen LogP contribution in [-0.4, -0.2) is 26.5 Å². The van der Waals surface area contributed by atoms with Crippen LogP contribution in [0.4, 0.5) is 0 Å². The van der Waals surface area contributed by atoms with Crippen molar-refractivity contribution in [3.05, 3.63) is 89.2 Å². The molecular formula is C26H28N4OS. The molecule has 1 amide bonds. The van der Waals surface area contributed by atoms with Crippen molar-refractivity contribution in [1.29, 1.82) is 0 Å². The van der Waals surface area contributed by atoms with Gasteiger partial charge in [-0.05, 0) is 49.6 Å². The first kappa shape index (κ1) is 22.1. The smallest absolute Gasteiger partial charge is 0.251 e. The van der Waals surface area contributed by atoms with E-state index in [4.69, 9.17) is 4.98 Å². The van der Waals surface area contributed by atoms with Crippen LogP contribution in [0.1, 0.15) is 47.3 Å². The molecule has 0 aliphatic heterocycles. The number of imidazole rings is 1. The molecule has 0 aliphatic rings. The highest BCUT2D eigenvalue weighted by Gasteiger charge is 2.13. The number of pyridine rings is 1. The van der Waals surface area contributed by atoms with Gasteiger partial charge in [-0.3, -0.25) is 9.78 Å². The first-order valence-electron chi connectivity index (χ1n) is 10.9. The van der Waals surface area contributed by atoms with E-state index in [1.54, 1.807) is 18.0 Å². The van der Waals surface area contributed by atoms with E-state index in [1.807, 2.05) is 43.5 Å². The second-order valence-electron chi connectivity index (χ2n) is 8.10. The van der Waals surface area contributed by atoms with E-state index in [-0.39, 0.29) is 11.9 Å². The maximum atomic E-state index is 12.3. The molecule has 1 atom stereocenters. The predicted molar refractivity (Wildman–Crippen MR) is 131 cm³/mol. The van der Waals surface area contributed by atoms with Crippen LogP contribution in [0.25, 0.3) is 11.0 Å². The third kappa shape index (κ3) is 5.19. The van der Waals surface area contributed by atoms with Crippen LogP contribution >= 0.6 is 11.8 Å². The molecule has 6 heteroatoms. The van der Waals surface area contributed by atoms with Gasteiger partial charge in [0.1, 0.15) is 0 Å². The monoisotopic (exact) mass is 444 g/mol. The van der Waals surface area contributed by atoms with Crippen molar-refractivity contribution in [3.8, 4) is 0 Å². The fourth-order valence-electron chi connectivity index (χ4n) is 3.51. The fraction of sp³-hybridized carbons (Fsp3) is 0.269. The summed E-state index contributed by atoms with van der Waals surface area (Å²) in [7, 11) is 0. The Hall–Kier alpha value is -3.12. The van der Waals surface area contributed by atoms with Crippen LogP contribution in [0, 0.1) is 6.92 Å². The molecule has 2 aromatic carbocycles. The summed E-state index contributed by atoms with van der Waals surface area (Å²) < 4.78 is 2.23. The van der Waals surface area contributed by atoms with E-state index >= 15 is 0 Å². The second kappa shape index (κ2) is 10.0. The minimum Gasteiger partial charge on any atom is -0.350 e. The van der Waals surface area contributed by atoms with Crippen LogP contribution in [-0.2, 0) is 12.3 Å². The number of aryl methyl sites for hydroxylation is 1. The Kier molecular flexibility index (Phi) is 6.90. The molecule has 164 valence electrons. The van der Waals surface area contributed by atoms with E-state index in [0.717, 1.165) is 40.5 Å². The summed E-state index contributed by atoms with van der Waals surface area (Å²) in [5.41, 5.74) is 6.32. The molecule has 5 nitrogen and oxygen atoms in total. The number of fused-ring (bicyclic) bond motifs is 1. The average molecular weight is 445 g/mol. The lowest BCUT2D eigenvalue weighted by molar-refractivity contribution is 0.0939. The summed E-state index contributed by atoms with van der Waals surface area (Å²) in [6.45, 7) is 6.94. The number of carbonyl (C=O) groups is 1. The van der Waals surface area contributed by atoms with Crippen molar-refractivity contribution in [1.82, 2.24) is 19.9 Å². The first-order chi connectivity index (χ1) is 15.5. The van der Waals surface area contributed by atoms with Crippen LogP contribution in [0.3, 0.4) is 0 Å². The van der Waals surface area contributed by atoms with Crippen LogP contribution < -0.4 is 5.32 Å². The number of hydrogen-bond donors (Lipinski definition) is 1. The highest BCUT2D eigenvalue weighted by atomic mass is 32.2. The summed E-state index contributed by atoms with van der Waals surface area (Å²) >= 11 is 1.70. The Balaban J connectivity index is 1.51. The minimum absolute atomic E-state index is 0.0222. The van der Waals surface area contributed by atoms with Gasteiger partial charge < -0.3 is 9.88 Å². The number of nitrogens with zero attached hydrogens (tertiary/aromatic N) is 3. The lowest BCUT2D eigenvalue weighted by Crippen LogP contribution is -2.31. The molecule has 0 fully saturated rings. The Morgan fingerprint density at radius 1 is 1.12 bits per heavy atom. The maximum Gasteiger partial charge on any atom is 0.251 e. The van der Waals surface area contributed by atoms with E-state index in [1.165, 1.54) is 11.1 Å². The molecule has 32 heavy (non-hydrogen) atoms. The van der Waals surface area contributed by atoms with Gasteiger partial charge >= 0.3 is 0 Å². The number of aromatic nitrogens is 3. The maximum absolute atomic E-state index is 12.3. The minimum atomic E-state index is -0.0222. The number of rotatable bonds is 8. The van der Waals surface area contributed by atoms with Gasteiger partial charge in [-0.2, -0.15) is 0 Å². The van der Waals surface area contributed by atoms with Gasteiger partial charge in [-0.1, -0.05) is 60.6 Å². The van der Waals surface area contributed by atoms with Crippen LogP contribution in [0.2, 0.25) is 0 Å². The molecule has 0 radical (unpaired) electrons. The van der Waals surface area contributed by atoms with Gasteiger partial charge in [0.25, 0.3) is 5.91 Å². The number of thioether (sulfide) groups is 1. The van der Waals surface area contributed by atoms with E-state index in [2.05, 4.69) is 53.0 Å². The van der Waals surface area contributed by atoms with Gasteiger partial charge in [-0.25, -0.2) is 4.98 Å². The van der Waals surface area contributed by atoms with Crippen molar-refractivity contribution in [2.45, 2.75) is 50.7 Å². The molecule has 0 aliphatic carbocycles. The SMILES string of the molecule is CC[C@@H](C)NC(=O)c1ccc(CSc2nc3ccncc3n2Cc2cccc(C)c2)cc1. The Bertz CT molecular complexity index is 1220. The van der Waals surface area contributed by atoms with Crippen molar-refractivity contribution in [2.24, 2.45) is 0 Å². The summed E-state index contributed by atoms with van der Waals surface area (Å²) in [6.07, 6.45) is 4.58. The first-order valence-corrected chi connectivity index (χ1v) is 11.9. The Morgan fingerprint density at radius 3 is 2.69 bits per heavy atom. The van der Waals surface area contributed by atoms with E-state index in [0.29, 0.717) is 5.56 Å². The molecule has 4 rings (SSSR count). The van der Waals surface area contributed by atoms with Crippen molar-refractivity contribution >= 4 is 28.7 Å². The molecule has 2 heterocycles. The molecule has 2 aromatic heterocycles. The van der Waals surface area contributed by atoms with Gasteiger partial charge in [0.05, 0.1) is 23.8 Å². The molecule has 0 saturated carbocycles. The van der Waals surface area contributed by atoms with Crippen LogP contribution in [0.15, 0.2) is 72.1 Å². The lowest BCUT2D eigenvalue weighted by atomic mass is 10.1. The molecular weight excluding hydrogens is 416 g/mol. The van der Waals surface area contributed by atoms with Crippen LogP contribution in [0.5, 0.6) is 0 Å². The Labute approximate surface area is 193 Å².